The van der Waals surface area contributed by atoms with Crippen molar-refractivity contribution in [3.8, 4) is 5.75 Å². The van der Waals surface area contributed by atoms with E-state index in [0.29, 0.717) is 0 Å². The summed E-state index contributed by atoms with van der Waals surface area (Å²) in [6.45, 7) is -0.0947. The van der Waals surface area contributed by atoms with Gasteiger partial charge in [-0.1, -0.05) is 0 Å². The second-order valence-corrected chi connectivity index (χ2v) is 5.41. The van der Waals surface area contributed by atoms with E-state index in [1.807, 2.05) is 0 Å². The number of aliphatic hydroxyl groups is 1. The lowest BCUT2D eigenvalue weighted by atomic mass is 10.2. The van der Waals surface area contributed by atoms with Gasteiger partial charge in [0.2, 0.25) is 10.0 Å². The zero-order valence-corrected chi connectivity index (χ0v) is 11.5. The largest absolute Gasteiger partial charge is 0.495 e. The molecule has 0 spiro atoms. The lowest BCUT2D eigenvalue weighted by Crippen LogP contribution is -2.27. The molecule has 0 bridgehead atoms. The van der Waals surface area contributed by atoms with Crippen molar-refractivity contribution in [1.29, 1.82) is 0 Å². The summed E-state index contributed by atoms with van der Waals surface area (Å²) >= 11 is 0. The van der Waals surface area contributed by atoms with Gasteiger partial charge in [0.05, 0.1) is 13.7 Å². The first-order valence-corrected chi connectivity index (χ1v) is 6.95. The standard InChI is InChI=1S/C11H16N2O5S/c1-12-19(16,17)10-7-8(3-4-9(10)18-2)11(15)13-5-6-14/h3-4,7,12,14H,5-6H2,1-2H3,(H,13,15). The molecule has 0 unspecified atom stereocenters. The molecule has 1 aromatic carbocycles. The van der Waals surface area contributed by atoms with Gasteiger partial charge in [-0.3, -0.25) is 4.79 Å². The van der Waals surface area contributed by atoms with E-state index in [2.05, 4.69) is 10.0 Å². The highest BCUT2D eigenvalue weighted by Gasteiger charge is 2.19. The number of nitrogens with one attached hydrogen (secondary N) is 2. The molecule has 0 radical (unpaired) electrons. The minimum Gasteiger partial charge on any atom is -0.495 e. The molecule has 0 fully saturated rings. The molecule has 0 atom stereocenters. The number of rotatable bonds is 6. The average molecular weight is 288 g/mol. The lowest BCUT2D eigenvalue weighted by Gasteiger charge is -2.10. The van der Waals surface area contributed by atoms with E-state index >= 15 is 0 Å². The summed E-state index contributed by atoms with van der Waals surface area (Å²) in [6, 6.07) is 4.07. The van der Waals surface area contributed by atoms with E-state index in [1.165, 1.54) is 32.4 Å². The van der Waals surface area contributed by atoms with Crippen LogP contribution in [-0.4, -0.2) is 46.7 Å². The smallest absolute Gasteiger partial charge is 0.251 e. The molecule has 0 heterocycles. The van der Waals surface area contributed by atoms with Gasteiger partial charge in [-0.25, -0.2) is 13.1 Å². The molecule has 7 nitrogen and oxygen atoms in total. The molecule has 1 aromatic rings. The summed E-state index contributed by atoms with van der Waals surface area (Å²) in [5.74, 6) is -0.322. The highest BCUT2D eigenvalue weighted by Crippen LogP contribution is 2.24. The summed E-state index contributed by atoms with van der Waals surface area (Å²) < 4.78 is 30.7. The fourth-order valence-electron chi connectivity index (χ4n) is 1.41. The third-order valence-corrected chi connectivity index (χ3v) is 3.82. The molecule has 0 aliphatic carbocycles. The van der Waals surface area contributed by atoms with Crippen LogP contribution in [0.3, 0.4) is 0 Å². The van der Waals surface area contributed by atoms with E-state index in [9.17, 15) is 13.2 Å². The Balaban J connectivity index is 3.19. The molecule has 106 valence electrons. The number of benzene rings is 1. The van der Waals surface area contributed by atoms with Gasteiger partial charge in [-0.15, -0.1) is 0 Å². The maximum Gasteiger partial charge on any atom is 0.251 e. The molecule has 0 saturated carbocycles. The molecule has 0 aromatic heterocycles. The highest BCUT2D eigenvalue weighted by atomic mass is 32.2. The third kappa shape index (κ3) is 3.66. The van der Waals surface area contributed by atoms with Crippen molar-refractivity contribution in [2.24, 2.45) is 0 Å². The Morgan fingerprint density at radius 2 is 2.11 bits per heavy atom. The van der Waals surface area contributed by atoms with Crippen LogP contribution >= 0.6 is 0 Å². The molecule has 0 aliphatic heterocycles. The zero-order chi connectivity index (χ0) is 14.5. The number of methoxy groups -OCH3 is 1. The number of aliphatic hydroxyl groups excluding tert-OH is 1. The Morgan fingerprint density at radius 1 is 1.42 bits per heavy atom. The van der Waals surface area contributed by atoms with Gasteiger partial charge in [0.1, 0.15) is 10.6 Å². The molecule has 1 rings (SSSR count). The van der Waals surface area contributed by atoms with Gasteiger partial charge in [-0.05, 0) is 25.2 Å². The molecule has 0 aliphatic rings. The van der Waals surface area contributed by atoms with Gasteiger partial charge in [0.25, 0.3) is 5.91 Å². The fourth-order valence-corrected chi connectivity index (χ4v) is 2.33. The van der Waals surface area contributed by atoms with Gasteiger partial charge < -0.3 is 15.2 Å². The first-order chi connectivity index (χ1) is 8.96. The predicted molar refractivity (Wildman–Crippen MR) is 68.7 cm³/mol. The summed E-state index contributed by atoms with van der Waals surface area (Å²) in [5, 5.41) is 11.1. The van der Waals surface area contributed by atoms with E-state index in [1.54, 1.807) is 0 Å². The Morgan fingerprint density at radius 3 is 2.63 bits per heavy atom. The van der Waals surface area contributed by atoms with Gasteiger partial charge >= 0.3 is 0 Å². The second-order valence-electron chi connectivity index (χ2n) is 3.55. The predicted octanol–water partition coefficient (Wildman–Crippen LogP) is -0.675. The number of carbonyl (C=O) groups excluding carboxylic acids is 1. The van der Waals surface area contributed by atoms with Crippen molar-refractivity contribution in [2.75, 3.05) is 27.3 Å². The lowest BCUT2D eigenvalue weighted by molar-refractivity contribution is 0.0944. The van der Waals surface area contributed by atoms with E-state index in [0.717, 1.165) is 0 Å². The van der Waals surface area contributed by atoms with Crippen LogP contribution in [0.2, 0.25) is 0 Å². The SMILES string of the molecule is CNS(=O)(=O)c1cc(C(=O)NCCO)ccc1OC. The summed E-state index contributed by atoms with van der Waals surface area (Å²) in [6.07, 6.45) is 0. The molecule has 1 amide bonds. The fraction of sp³-hybridized carbons (Fsp3) is 0.364. The number of amides is 1. The molecule has 0 saturated heterocycles. The van der Waals surface area contributed by atoms with Crippen LogP contribution in [0.5, 0.6) is 5.75 Å². The summed E-state index contributed by atoms with van der Waals surface area (Å²) in [5.41, 5.74) is 0.170. The Hall–Kier alpha value is -1.64. The Labute approximate surface area is 111 Å². The number of sulfonamides is 1. The molecule has 3 N–H and O–H groups in total. The molecular weight excluding hydrogens is 272 g/mol. The monoisotopic (exact) mass is 288 g/mol. The van der Waals surface area contributed by atoms with Crippen LogP contribution in [0.4, 0.5) is 0 Å². The van der Waals surface area contributed by atoms with Gasteiger partial charge in [-0.2, -0.15) is 0 Å². The zero-order valence-electron chi connectivity index (χ0n) is 10.6. The van der Waals surface area contributed by atoms with Gasteiger partial charge in [0, 0.05) is 12.1 Å². The first-order valence-electron chi connectivity index (χ1n) is 5.47. The van der Waals surface area contributed by atoms with E-state index in [-0.39, 0.29) is 29.4 Å². The molecular formula is C11H16N2O5S. The van der Waals surface area contributed by atoms with Crippen LogP contribution in [-0.2, 0) is 10.0 Å². The Bertz CT molecular complexity index is 556. The number of hydrogen-bond donors (Lipinski definition) is 3. The van der Waals surface area contributed by atoms with Crippen molar-refractivity contribution in [1.82, 2.24) is 10.0 Å². The maximum absolute atomic E-state index is 11.8. The van der Waals surface area contributed by atoms with Crippen LogP contribution in [0.1, 0.15) is 10.4 Å². The average Bonchev–Trinajstić information content (AvgIpc) is 2.43. The van der Waals surface area contributed by atoms with Gasteiger partial charge in [0.15, 0.2) is 0 Å². The van der Waals surface area contributed by atoms with Crippen molar-refractivity contribution >= 4 is 15.9 Å². The molecule has 19 heavy (non-hydrogen) atoms. The summed E-state index contributed by atoms with van der Waals surface area (Å²) in [4.78, 5) is 11.6. The van der Waals surface area contributed by atoms with Crippen molar-refractivity contribution in [2.45, 2.75) is 4.90 Å². The van der Waals surface area contributed by atoms with Crippen LogP contribution in [0.15, 0.2) is 23.1 Å². The second kappa shape index (κ2) is 6.50. The quantitative estimate of drug-likeness (QED) is 0.643. The Kier molecular flexibility index (Phi) is 5.28. The van der Waals surface area contributed by atoms with Crippen LogP contribution in [0.25, 0.3) is 0 Å². The maximum atomic E-state index is 11.8. The highest BCUT2D eigenvalue weighted by molar-refractivity contribution is 7.89. The van der Waals surface area contributed by atoms with Crippen molar-refractivity contribution < 1.29 is 23.1 Å². The van der Waals surface area contributed by atoms with Crippen molar-refractivity contribution in [3.63, 3.8) is 0 Å². The number of hydrogen-bond acceptors (Lipinski definition) is 5. The summed E-state index contributed by atoms with van der Waals surface area (Å²) in [7, 11) is -1.11. The third-order valence-electron chi connectivity index (χ3n) is 2.38. The minimum absolute atomic E-state index is 0.0962. The normalized spacial score (nSPS) is 11.1. The first kappa shape index (κ1) is 15.4. The van der Waals surface area contributed by atoms with E-state index in [4.69, 9.17) is 9.84 Å². The van der Waals surface area contributed by atoms with Crippen molar-refractivity contribution in [3.05, 3.63) is 23.8 Å². The topological polar surface area (TPSA) is 105 Å². The number of carbonyl (C=O) groups is 1. The number of ether oxygens (including phenoxy) is 1. The minimum atomic E-state index is -3.72. The van der Waals surface area contributed by atoms with E-state index < -0.39 is 15.9 Å². The molecule has 8 heteroatoms. The van der Waals surface area contributed by atoms with Crippen LogP contribution in [0, 0.1) is 0 Å². The van der Waals surface area contributed by atoms with Crippen LogP contribution < -0.4 is 14.8 Å².